The fraction of sp³-hybridized carbons (Fsp3) is 0.824. The van der Waals surface area contributed by atoms with Gasteiger partial charge in [-0.25, -0.2) is 0 Å². The van der Waals surface area contributed by atoms with E-state index in [2.05, 4.69) is 19.8 Å². The third-order valence-corrected chi connectivity index (χ3v) is 4.76. The Morgan fingerprint density at radius 3 is 2.54 bits per heavy atom. The van der Waals surface area contributed by atoms with Crippen molar-refractivity contribution >= 4 is 11.9 Å². The summed E-state index contributed by atoms with van der Waals surface area (Å²) in [6, 6.07) is 0.385. The van der Waals surface area contributed by atoms with Crippen molar-refractivity contribution in [2.75, 3.05) is 50.2 Å². The number of anilines is 2. The van der Waals surface area contributed by atoms with Gasteiger partial charge in [0, 0.05) is 33.3 Å². The van der Waals surface area contributed by atoms with Crippen LogP contribution in [0.1, 0.15) is 44.9 Å². The van der Waals surface area contributed by atoms with Gasteiger partial charge in [0.15, 0.2) is 0 Å². The number of hydrogen-bond donors (Lipinski definition) is 0. The van der Waals surface area contributed by atoms with Crippen LogP contribution in [0.4, 0.5) is 11.9 Å². The first-order valence-electron chi connectivity index (χ1n) is 9.14. The van der Waals surface area contributed by atoms with Crippen molar-refractivity contribution in [2.24, 2.45) is 0 Å². The molecule has 3 heterocycles. The Labute approximate surface area is 144 Å². The molecule has 1 unspecified atom stereocenters. The highest BCUT2D eigenvalue weighted by atomic mass is 16.5. The van der Waals surface area contributed by atoms with Crippen LogP contribution in [0.25, 0.3) is 0 Å². The molecule has 2 saturated heterocycles. The molecule has 1 aromatic rings. The maximum atomic E-state index is 5.84. The predicted molar refractivity (Wildman–Crippen MR) is 93.9 cm³/mol. The third-order valence-electron chi connectivity index (χ3n) is 4.76. The van der Waals surface area contributed by atoms with Gasteiger partial charge in [-0.3, -0.25) is 0 Å². The molecule has 0 spiro atoms. The van der Waals surface area contributed by atoms with Gasteiger partial charge >= 0.3 is 6.01 Å². The predicted octanol–water partition coefficient (Wildman–Crippen LogP) is 2.27. The van der Waals surface area contributed by atoms with E-state index in [1.165, 1.54) is 38.5 Å². The molecule has 0 saturated carbocycles. The summed E-state index contributed by atoms with van der Waals surface area (Å²) in [6.45, 7) is 3.66. The van der Waals surface area contributed by atoms with E-state index in [1.54, 1.807) is 7.11 Å². The first kappa shape index (κ1) is 17.2. The molecule has 1 atom stereocenters. The van der Waals surface area contributed by atoms with E-state index in [9.17, 15) is 0 Å². The summed E-state index contributed by atoms with van der Waals surface area (Å²) in [5, 5.41) is 0. The lowest BCUT2D eigenvalue weighted by Gasteiger charge is -2.28. The molecule has 7 heteroatoms. The monoisotopic (exact) mass is 335 g/mol. The summed E-state index contributed by atoms with van der Waals surface area (Å²) < 4.78 is 11.1. The summed E-state index contributed by atoms with van der Waals surface area (Å²) in [5.74, 6) is 1.39. The Kier molecular flexibility index (Phi) is 6.07. The molecule has 0 radical (unpaired) electrons. The Bertz CT molecular complexity index is 514. The summed E-state index contributed by atoms with van der Waals surface area (Å²) in [5.41, 5.74) is 0. The second kappa shape index (κ2) is 8.46. The van der Waals surface area contributed by atoms with Crippen LogP contribution in [-0.4, -0.2) is 61.5 Å². The Hall–Kier alpha value is -1.63. The van der Waals surface area contributed by atoms with Crippen molar-refractivity contribution in [3.63, 3.8) is 0 Å². The summed E-state index contributed by atoms with van der Waals surface area (Å²) >= 11 is 0. The molecule has 7 nitrogen and oxygen atoms in total. The topological polar surface area (TPSA) is 63.6 Å². The molecule has 0 bridgehead atoms. The van der Waals surface area contributed by atoms with Crippen molar-refractivity contribution in [3.8, 4) is 6.01 Å². The Morgan fingerprint density at radius 2 is 1.88 bits per heavy atom. The second-order valence-corrected chi connectivity index (χ2v) is 6.69. The SMILES string of the molecule is COc1nc(N(C)CC2CCCCO2)nc(N2CCCCCC2)n1. The number of likely N-dealkylation sites (N-methyl/N-ethyl adjacent to an activating group) is 1. The Balaban J connectivity index is 1.74. The first-order valence-corrected chi connectivity index (χ1v) is 9.14. The standard InChI is InChI=1S/C17H29N5O2/c1-21(13-14-9-5-8-12-24-14)15-18-16(20-17(19-15)23-2)22-10-6-3-4-7-11-22/h14H,3-13H2,1-2H3. The van der Waals surface area contributed by atoms with E-state index in [-0.39, 0.29) is 6.10 Å². The van der Waals surface area contributed by atoms with Crippen molar-refractivity contribution in [1.82, 2.24) is 15.0 Å². The average molecular weight is 335 g/mol. The van der Waals surface area contributed by atoms with E-state index in [1.807, 2.05) is 7.05 Å². The van der Waals surface area contributed by atoms with Gasteiger partial charge in [-0.05, 0) is 32.1 Å². The number of rotatable bonds is 5. The van der Waals surface area contributed by atoms with Crippen LogP contribution in [0.5, 0.6) is 6.01 Å². The normalized spacial score (nSPS) is 22.1. The van der Waals surface area contributed by atoms with Crippen LogP contribution >= 0.6 is 0 Å². The van der Waals surface area contributed by atoms with E-state index in [4.69, 9.17) is 14.5 Å². The zero-order chi connectivity index (χ0) is 16.8. The Morgan fingerprint density at radius 1 is 1.08 bits per heavy atom. The van der Waals surface area contributed by atoms with Crippen LogP contribution in [0.15, 0.2) is 0 Å². The number of hydrogen-bond acceptors (Lipinski definition) is 7. The van der Waals surface area contributed by atoms with Gasteiger partial charge in [0.05, 0.1) is 13.2 Å². The van der Waals surface area contributed by atoms with Gasteiger partial charge in [-0.1, -0.05) is 12.8 Å². The van der Waals surface area contributed by atoms with Crippen LogP contribution in [-0.2, 0) is 4.74 Å². The molecular formula is C17H29N5O2. The fourth-order valence-electron chi connectivity index (χ4n) is 3.35. The summed E-state index contributed by atoms with van der Waals surface area (Å²) in [4.78, 5) is 17.9. The highest BCUT2D eigenvalue weighted by Gasteiger charge is 2.20. The molecule has 1 aromatic heterocycles. The average Bonchev–Trinajstić information content (AvgIpc) is 2.91. The van der Waals surface area contributed by atoms with Gasteiger partial charge in [-0.2, -0.15) is 15.0 Å². The third kappa shape index (κ3) is 4.47. The minimum atomic E-state index is 0.258. The fourth-order valence-corrected chi connectivity index (χ4v) is 3.35. The maximum absolute atomic E-state index is 5.84. The zero-order valence-corrected chi connectivity index (χ0v) is 14.9. The molecule has 2 fully saturated rings. The smallest absolute Gasteiger partial charge is 0.322 e. The number of aromatic nitrogens is 3. The molecule has 0 amide bonds. The quantitative estimate of drug-likeness (QED) is 0.818. The first-order chi connectivity index (χ1) is 11.8. The molecule has 2 aliphatic heterocycles. The zero-order valence-electron chi connectivity index (χ0n) is 14.9. The van der Waals surface area contributed by atoms with Gasteiger partial charge in [0.2, 0.25) is 11.9 Å². The molecule has 134 valence electrons. The highest BCUT2D eigenvalue weighted by Crippen LogP contribution is 2.21. The van der Waals surface area contributed by atoms with E-state index in [0.29, 0.717) is 12.0 Å². The van der Waals surface area contributed by atoms with Crippen LogP contribution in [0, 0.1) is 0 Å². The van der Waals surface area contributed by atoms with Crippen molar-refractivity contribution in [2.45, 2.75) is 51.0 Å². The summed E-state index contributed by atoms with van der Waals surface area (Å²) in [7, 11) is 3.62. The lowest BCUT2D eigenvalue weighted by atomic mass is 10.1. The molecule has 0 aliphatic carbocycles. The van der Waals surface area contributed by atoms with Crippen molar-refractivity contribution < 1.29 is 9.47 Å². The van der Waals surface area contributed by atoms with Crippen LogP contribution < -0.4 is 14.5 Å². The van der Waals surface area contributed by atoms with Crippen molar-refractivity contribution in [1.29, 1.82) is 0 Å². The van der Waals surface area contributed by atoms with Gasteiger partial charge < -0.3 is 19.3 Å². The molecule has 0 aromatic carbocycles. The number of nitrogens with zero attached hydrogens (tertiary/aromatic N) is 5. The molecule has 2 aliphatic rings. The molecule has 0 N–H and O–H groups in total. The highest BCUT2D eigenvalue weighted by molar-refractivity contribution is 5.40. The van der Waals surface area contributed by atoms with Crippen molar-refractivity contribution in [3.05, 3.63) is 0 Å². The number of ether oxygens (including phenoxy) is 2. The minimum absolute atomic E-state index is 0.258. The van der Waals surface area contributed by atoms with Crippen LogP contribution in [0.2, 0.25) is 0 Å². The summed E-state index contributed by atoms with van der Waals surface area (Å²) in [6.07, 6.45) is 8.70. The molecule has 24 heavy (non-hydrogen) atoms. The van der Waals surface area contributed by atoms with Gasteiger partial charge in [0.1, 0.15) is 0 Å². The largest absolute Gasteiger partial charge is 0.467 e. The van der Waals surface area contributed by atoms with E-state index < -0.39 is 0 Å². The molecular weight excluding hydrogens is 306 g/mol. The maximum Gasteiger partial charge on any atom is 0.322 e. The lowest BCUT2D eigenvalue weighted by molar-refractivity contribution is 0.0214. The number of methoxy groups -OCH3 is 1. The van der Waals surface area contributed by atoms with E-state index >= 15 is 0 Å². The second-order valence-electron chi connectivity index (χ2n) is 6.69. The minimum Gasteiger partial charge on any atom is -0.467 e. The lowest BCUT2D eigenvalue weighted by Crippen LogP contribution is -2.35. The molecule has 3 rings (SSSR count). The van der Waals surface area contributed by atoms with Gasteiger partial charge in [-0.15, -0.1) is 0 Å². The van der Waals surface area contributed by atoms with Gasteiger partial charge in [0.25, 0.3) is 0 Å². The van der Waals surface area contributed by atoms with E-state index in [0.717, 1.165) is 38.6 Å². The van der Waals surface area contributed by atoms with Crippen LogP contribution in [0.3, 0.4) is 0 Å².